The zero-order valence-corrected chi connectivity index (χ0v) is 11.7. The van der Waals surface area contributed by atoms with Crippen LogP contribution in [0.4, 0.5) is 5.69 Å². The van der Waals surface area contributed by atoms with Gasteiger partial charge in [-0.25, -0.2) is 0 Å². The van der Waals surface area contributed by atoms with Gasteiger partial charge < -0.3 is 14.7 Å². The van der Waals surface area contributed by atoms with E-state index < -0.39 is 23.3 Å². The third kappa shape index (κ3) is 4.53. The van der Waals surface area contributed by atoms with E-state index in [-0.39, 0.29) is 24.4 Å². The Bertz CT molecular complexity index is 558. The Kier molecular flexibility index (Phi) is 5.79. The number of carbonyl (C=O) groups is 2. The molecule has 0 aliphatic rings. The first kappa shape index (κ1) is 16.6. The molecule has 0 fully saturated rings. The molecule has 8 heteroatoms. The first-order valence-electron chi connectivity index (χ1n) is 6.12. The number of methoxy groups -OCH3 is 1. The number of non-ortho nitro benzene ring substituents is 1. The van der Waals surface area contributed by atoms with Crippen LogP contribution in [0.2, 0.25) is 0 Å². The molecule has 21 heavy (non-hydrogen) atoms. The molecular weight excluding hydrogens is 280 g/mol. The van der Waals surface area contributed by atoms with Crippen LogP contribution in [0.1, 0.15) is 15.9 Å². The average molecular weight is 296 g/mol. The fraction of sp³-hybridized carbons (Fsp3) is 0.385. The minimum absolute atomic E-state index is 0.0871. The van der Waals surface area contributed by atoms with Gasteiger partial charge in [0.2, 0.25) is 0 Å². The quantitative estimate of drug-likeness (QED) is 0.595. The molecule has 0 radical (unpaired) electrons. The van der Waals surface area contributed by atoms with Crippen molar-refractivity contribution in [2.75, 3.05) is 26.8 Å². The van der Waals surface area contributed by atoms with Gasteiger partial charge in [0.1, 0.15) is 6.54 Å². The van der Waals surface area contributed by atoms with Crippen molar-refractivity contribution in [3.8, 4) is 0 Å². The van der Waals surface area contributed by atoms with Crippen LogP contribution in [0.25, 0.3) is 0 Å². The minimum Gasteiger partial charge on any atom is -0.480 e. The number of nitro benzene ring substituents is 1. The highest BCUT2D eigenvalue weighted by atomic mass is 16.6. The van der Waals surface area contributed by atoms with Crippen molar-refractivity contribution in [1.29, 1.82) is 0 Å². The van der Waals surface area contributed by atoms with E-state index in [9.17, 15) is 19.7 Å². The fourth-order valence-corrected chi connectivity index (χ4v) is 1.74. The Morgan fingerprint density at radius 1 is 1.43 bits per heavy atom. The van der Waals surface area contributed by atoms with E-state index in [2.05, 4.69) is 0 Å². The summed E-state index contributed by atoms with van der Waals surface area (Å²) < 4.78 is 4.84. The summed E-state index contributed by atoms with van der Waals surface area (Å²) in [7, 11) is 1.43. The molecule has 0 aliphatic heterocycles. The summed E-state index contributed by atoms with van der Waals surface area (Å²) in [6.07, 6.45) is 0. The van der Waals surface area contributed by atoms with Crippen molar-refractivity contribution in [3.63, 3.8) is 0 Å². The lowest BCUT2D eigenvalue weighted by Crippen LogP contribution is -2.38. The number of nitrogens with zero attached hydrogens (tertiary/aromatic N) is 2. The van der Waals surface area contributed by atoms with E-state index in [1.807, 2.05) is 0 Å². The van der Waals surface area contributed by atoms with Gasteiger partial charge in [-0.05, 0) is 12.5 Å². The molecule has 0 aliphatic carbocycles. The lowest BCUT2D eigenvalue weighted by molar-refractivity contribution is -0.384. The van der Waals surface area contributed by atoms with Crippen LogP contribution in [0, 0.1) is 17.0 Å². The van der Waals surface area contributed by atoms with Crippen LogP contribution < -0.4 is 0 Å². The van der Waals surface area contributed by atoms with Crippen molar-refractivity contribution >= 4 is 17.6 Å². The number of nitro groups is 1. The molecule has 114 valence electrons. The molecule has 0 saturated carbocycles. The van der Waals surface area contributed by atoms with Gasteiger partial charge in [-0.1, -0.05) is 6.07 Å². The standard InChI is InChI=1S/C13H16N2O6/c1-9-3-4-10(15(19)20)7-11(9)13(18)14(5-6-21-2)8-12(16)17/h3-4,7H,5-6,8H2,1-2H3,(H,16,17). The van der Waals surface area contributed by atoms with Gasteiger partial charge >= 0.3 is 5.97 Å². The first-order chi connectivity index (χ1) is 9.86. The summed E-state index contributed by atoms with van der Waals surface area (Å²) in [5.41, 5.74) is 0.436. The predicted molar refractivity (Wildman–Crippen MR) is 73.2 cm³/mol. The average Bonchev–Trinajstić information content (AvgIpc) is 2.42. The summed E-state index contributed by atoms with van der Waals surface area (Å²) >= 11 is 0. The van der Waals surface area contributed by atoms with Crippen LogP contribution in [-0.4, -0.2) is 53.6 Å². The van der Waals surface area contributed by atoms with Crippen LogP contribution in [0.15, 0.2) is 18.2 Å². The second-order valence-corrected chi connectivity index (χ2v) is 4.37. The Hall–Kier alpha value is -2.48. The number of carbonyl (C=O) groups excluding carboxylic acids is 1. The summed E-state index contributed by atoms with van der Waals surface area (Å²) in [6.45, 7) is 1.40. The SMILES string of the molecule is COCCN(CC(=O)O)C(=O)c1cc([N+](=O)[O-])ccc1C. The Morgan fingerprint density at radius 2 is 2.10 bits per heavy atom. The Labute approximate surface area is 121 Å². The van der Waals surface area contributed by atoms with Crippen molar-refractivity contribution in [3.05, 3.63) is 39.4 Å². The molecule has 1 aromatic carbocycles. The number of amides is 1. The molecular formula is C13H16N2O6. The highest BCUT2D eigenvalue weighted by Crippen LogP contribution is 2.19. The number of carboxylic acid groups (broad SMARTS) is 1. The number of hydrogen-bond acceptors (Lipinski definition) is 5. The smallest absolute Gasteiger partial charge is 0.323 e. The summed E-state index contributed by atoms with van der Waals surface area (Å²) in [5.74, 6) is -1.74. The van der Waals surface area contributed by atoms with Gasteiger partial charge in [-0.15, -0.1) is 0 Å². The Morgan fingerprint density at radius 3 is 2.62 bits per heavy atom. The van der Waals surface area contributed by atoms with Crippen LogP contribution in [0.5, 0.6) is 0 Å². The number of ether oxygens (including phenoxy) is 1. The number of aryl methyl sites for hydroxylation is 1. The van der Waals surface area contributed by atoms with E-state index in [1.165, 1.54) is 19.2 Å². The second kappa shape index (κ2) is 7.34. The largest absolute Gasteiger partial charge is 0.480 e. The third-order valence-corrected chi connectivity index (χ3v) is 2.84. The molecule has 0 aromatic heterocycles. The molecule has 0 spiro atoms. The normalized spacial score (nSPS) is 10.2. The monoisotopic (exact) mass is 296 g/mol. The summed E-state index contributed by atoms with van der Waals surface area (Å²) in [4.78, 5) is 34.4. The van der Waals surface area contributed by atoms with Crippen LogP contribution >= 0.6 is 0 Å². The predicted octanol–water partition coefficient (Wildman–Crippen LogP) is 1.08. The van der Waals surface area contributed by atoms with Gasteiger partial charge in [0, 0.05) is 31.4 Å². The first-order valence-corrected chi connectivity index (χ1v) is 6.12. The maximum atomic E-state index is 12.4. The van der Waals surface area contributed by atoms with E-state index in [0.717, 1.165) is 11.0 Å². The van der Waals surface area contributed by atoms with Gasteiger partial charge in [0.05, 0.1) is 11.5 Å². The van der Waals surface area contributed by atoms with Gasteiger partial charge in [0.25, 0.3) is 11.6 Å². The summed E-state index contributed by atoms with van der Waals surface area (Å²) in [5, 5.41) is 19.6. The number of rotatable bonds is 7. The molecule has 0 unspecified atom stereocenters. The van der Waals surface area contributed by atoms with Crippen molar-refractivity contribution < 1.29 is 24.4 Å². The number of hydrogen-bond donors (Lipinski definition) is 1. The lowest BCUT2D eigenvalue weighted by Gasteiger charge is -2.21. The maximum absolute atomic E-state index is 12.4. The molecule has 1 aromatic rings. The highest BCUT2D eigenvalue weighted by molar-refractivity contribution is 5.97. The lowest BCUT2D eigenvalue weighted by atomic mass is 10.1. The third-order valence-electron chi connectivity index (χ3n) is 2.84. The van der Waals surface area contributed by atoms with Gasteiger partial charge in [-0.3, -0.25) is 19.7 Å². The molecule has 0 saturated heterocycles. The van der Waals surface area contributed by atoms with Crippen molar-refractivity contribution in [1.82, 2.24) is 4.90 Å². The molecule has 0 atom stereocenters. The molecule has 8 nitrogen and oxygen atoms in total. The van der Waals surface area contributed by atoms with Crippen molar-refractivity contribution in [2.24, 2.45) is 0 Å². The molecule has 1 N–H and O–H groups in total. The molecule has 0 bridgehead atoms. The van der Waals surface area contributed by atoms with E-state index in [0.29, 0.717) is 5.56 Å². The zero-order chi connectivity index (χ0) is 16.0. The van der Waals surface area contributed by atoms with Gasteiger partial charge in [-0.2, -0.15) is 0 Å². The molecule has 1 amide bonds. The van der Waals surface area contributed by atoms with E-state index in [1.54, 1.807) is 6.92 Å². The number of carboxylic acids is 1. The maximum Gasteiger partial charge on any atom is 0.323 e. The van der Waals surface area contributed by atoms with Crippen molar-refractivity contribution in [2.45, 2.75) is 6.92 Å². The second-order valence-electron chi connectivity index (χ2n) is 4.37. The van der Waals surface area contributed by atoms with Crippen LogP contribution in [0.3, 0.4) is 0 Å². The topological polar surface area (TPSA) is 110 Å². The number of benzene rings is 1. The number of aliphatic carboxylic acids is 1. The zero-order valence-electron chi connectivity index (χ0n) is 11.7. The van der Waals surface area contributed by atoms with Crippen LogP contribution in [-0.2, 0) is 9.53 Å². The molecule has 1 rings (SSSR count). The minimum atomic E-state index is -1.16. The Balaban J connectivity index is 3.09. The van der Waals surface area contributed by atoms with Gasteiger partial charge in [0.15, 0.2) is 0 Å². The molecule has 0 heterocycles. The highest BCUT2D eigenvalue weighted by Gasteiger charge is 2.22. The van der Waals surface area contributed by atoms with E-state index >= 15 is 0 Å². The fourth-order valence-electron chi connectivity index (χ4n) is 1.74. The summed E-state index contributed by atoms with van der Waals surface area (Å²) in [6, 6.07) is 3.91. The van der Waals surface area contributed by atoms with E-state index in [4.69, 9.17) is 9.84 Å².